The summed E-state index contributed by atoms with van der Waals surface area (Å²) < 4.78 is 10.7. The minimum atomic E-state index is -0.651. The molecule has 0 saturated carbocycles. The molecule has 0 heterocycles. The quantitative estimate of drug-likeness (QED) is 0.631. The number of carbonyl (C=O) groups is 2. The second-order valence-electron chi connectivity index (χ2n) is 6.53. The number of esters is 1. The van der Waals surface area contributed by atoms with Crippen molar-refractivity contribution in [3.05, 3.63) is 71.8 Å². The zero-order valence-electron chi connectivity index (χ0n) is 16.2. The summed E-state index contributed by atoms with van der Waals surface area (Å²) in [4.78, 5) is 24.5. The van der Waals surface area contributed by atoms with Gasteiger partial charge in [0.15, 0.2) is 6.10 Å². The Morgan fingerprint density at radius 2 is 1.75 bits per heavy atom. The van der Waals surface area contributed by atoms with Gasteiger partial charge in [0.2, 0.25) is 0 Å². The van der Waals surface area contributed by atoms with Crippen molar-refractivity contribution in [2.45, 2.75) is 26.4 Å². The molecule has 0 bridgehead atoms. The van der Waals surface area contributed by atoms with Crippen LogP contribution in [0.5, 0.6) is 5.75 Å². The molecule has 0 saturated heterocycles. The molecule has 144 valence electrons. The van der Waals surface area contributed by atoms with Gasteiger partial charge in [0.1, 0.15) is 5.75 Å². The molecule has 0 aliphatic heterocycles. The Kier molecular flexibility index (Phi) is 5.94. The number of hydrogen-bond acceptors (Lipinski definition) is 4. The molecule has 1 amide bonds. The van der Waals surface area contributed by atoms with E-state index in [-0.39, 0.29) is 5.91 Å². The monoisotopic (exact) mass is 377 g/mol. The molecule has 3 rings (SSSR count). The van der Waals surface area contributed by atoms with Gasteiger partial charge >= 0.3 is 5.97 Å². The Morgan fingerprint density at radius 1 is 1.00 bits per heavy atom. The Labute approximate surface area is 164 Å². The van der Waals surface area contributed by atoms with E-state index < -0.39 is 12.1 Å². The number of hydrogen-bond donors (Lipinski definition) is 1. The molecule has 3 aromatic rings. The number of carbonyl (C=O) groups excluding carboxylic acids is 2. The number of aryl methyl sites for hydroxylation is 1. The van der Waals surface area contributed by atoms with Gasteiger partial charge in [0, 0.05) is 5.69 Å². The zero-order valence-corrected chi connectivity index (χ0v) is 16.2. The average molecular weight is 377 g/mol. The fraction of sp³-hybridized carbons (Fsp3) is 0.217. The molecule has 3 aromatic carbocycles. The van der Waals surface area contributed by atoms with Gasteiger partial charge in [-0.25, -0.2) is 4.79 Å². The van der Waals surface area contributed by atoms with Gasteiger partial charge < -0.3 is 14.8 Å². The molecule has 0 aliphatic carbocycles. The fourth-order valence-electron chi connectivity index (χ4n) is 2.94. The van der Waals surface area contributed by atoms with E-state index in [0.29, 0.717) is 23.4 Å². The summed E-state index contributed by atoms with van der Waals surface area (Å²) in [6, 6.07) is 18.8. The van der Waals surface area contributed by atoms with E-state index in [4.69, 9.17) is 9.47 Å². The molecule has 0 radical (unpaired) electrons. The molecule has 0 aromatic heterocycles. The van der Waals surface area contributed by atoms with Gasteiger partial charge in [-0.1, -0.05) is 43.3 Å². The summed E-state index contributed by atoms with van der Waals surface area (Å²) in [5, 5.41) is 5.03. The zero-order chi connectivity index (χ0) is 20.1. The molecule has 1 unspecified atom stereocenters. The fourth-order valence-corrected chi connectivity index (χ4v) is 2.94. The number of fused-ring (bicyclic) bond motifs is 1. The van der Waals surface area contributed by atoms with Crippen molar-refractivity contribution < 1.29 is 19.1 Å². The smallest absolute Gasteiger partial charge is 0.337 e. The number of anilines is 1. The van der Waals surface area contributed by atoms with Crippen LogP contribution in [0, 0.1) is 6.92 Å². The Morgan fingerprint density at radius 3 is 2.46 bits per heavy atom. The van der Waals surface area contributed by atoms with Crippen LogP contribution in [0.25, 0.3) is 10.8 Å². The number of methoxy groups -OCH3 is 1. The topological polar surface area (TPSA) is 64.6 Å². The van der Waals surface area contributed by atoms with Crippen molar-refractivity contribution in [1.82, 2.24) is 0 Å². The van der Waals surface area contributed by atoms with Crippen LogP contribution in [-0.4, -0.2) is 25.1 Å². The number of amides is 1. The largest absolute Gasteiger partial charge is 0.481 e. The molecule has 0 spiro atoms. The molecule has 1 N–H and O–H groups in total. The molecule has 5 heteroatoms. The lowest BCUT2D eigenvalue weighted by Crippen LogP contribution is -2.32. The van der Waals surface area contributed by atoms with Crippen molar-refractivity contribution in [2.75, 3.05) is 12.4 Å². The first-order chi connectivity index (χ1) is 13.5. The summed E-state index contributed by atoms with van der Waals surface area (Å²) in [6.07, 6.45) is -0.142. The molecule has 5 nitrogen and oxygen atoms in total. The van der Waals surface area contributed by atoms with E-state index >= 15 is 0 Å². The van der Waals surface area contributed by atoms with E-state index in [0.717, 1.165) is 16.3 Å². The third-order valence-electron chi connectivity index (χ3n) is 4.58. The SMILES string of the molecule is CCC(Oc1ccc2ccccc2c1)C(=O)Nc1cc(C(=O)OC)ccc1C. The number of benzene rings is 3. The minimum Gasteiger partial charge on any atom is -0.481 e. The van der Waals surface area contributed by atoms with E-state index in [1.54, 1.807) is 18.2 Å². The Balaban J connectivity index is 1.77. The van der Waals surface area contributed by atoms with Crippen LogP contribution >= 0.6 is 0 Å². The summed E-state index contributed by atoms with van der Waals surface area (Å²) >= 11 is 0. The second kappa shape index (κ2) is 8.57. The lowest BCUT2D eigenvalue weighted by atomic mass is 10.1. The van der Waals surface area contributed by atoms with Crippen molar-refractivity contribution in [3.8, 4) is 5.75 Å². The number of rotatable bonds is 6. The van der Waals surface area contributed by atoms with Crippen LogP contribution in [-0.2, 0) is 9.53 Å². The van der Waals surface area contributed by atoms with Gasteiger partial charge in [-0.2, -0.15) is 0 Å². The van der Waals surface area contributed by atoms with Crippen LogP contribution in [0.4, 0.5) is 5.69 Å². The molecule has 0 aliphatic rings. The molecular formula is C23H23NO4. The standard InChI is InChI=1S/C23H23NO4/c1-4-21(28-19-12-11-16-7-5-6-8-17(16)13-19)22(25)24-20-14-18(23(26)27-3)10-9-15(20)2/h5-14,21H,4H2,1-3H3,(H,24,25). The number of nitrogens with one attached hydrogen (secondary N) is 1. The first kappa shape index (κ1) is 19.4. The predicted molar refractivity (Wildman–Crippen MR) is 110 cm³/mol. The lowest BCUT2D eigenvalue weighted by Gasteiger charge is -2.18. The highest BCUT2D eigenvalue weighted by molar-refractivity contribution is 5.97. The van der Waals surface area contributed by atoms with E-state index in [9.17, 15) is 9.59 Å². The Hall–Kier alpha value is -3.34. The van der Waals surface area contributed by atoms with Gasteiger partial charge in [-0.3, -0.25) is 4.79 Å². The summed E-state index contributed by atoms with van der Waals surface area (Å²) in [5.74, 6) is -0.0727. The maximum atomic E-state index is 12.8. The van der Waals surface area contributed by atoms with Crippen LogP contribution in [0.15, 0.2) is 60.7 Å². The van der Waals surface area contributed by atoms with Crippen LogP contribution in [0.2, 0.25) is 0 Å². The van der Waals surface area contributed by atoms with Crippen molar-refractivity contribution >= 4 is 28.3 Å². The van der Waals surface area contributed by atoms with Crippen molar-refractivity contribution in [2.24, 2.45) is 0 Å². The van der Waals surface area contributed by atoms with Gasteiger partial charge in [0.25, 0.3) is 5.91 Å². The maximum Gasteiger partial charge on any atom is 0.337 e. The van der Waals surface area contributed by atoms with E-state index in [2.05, 4.69) is 5.32 Å². The van der Waals surface area contributed by atoms with E-state index in [1.165, 1.54) is 7.11 Å². The summed E-state index contributed by atoms with van der Waals surface area (Å²) in [6.45, 7) is 3.75. The number of ether oxygens (including phenoxy) is 2. The third kappa shape index (κ3) is 4.31. The third-order valence-corrected chi connectivity index (χ3v) is 4.58. The van der Waals surface area contributed by atoms with Crippen molar-refractivity contribution in [3.63, 3.8) is 0 Å². The second-order valence-corrected chi connectivity index (χ2v) is 6.53. The van der Waals surface area contributed by atoms with Crippen LogP contribution in [0.1, 0.15) is 29.3 Å². The predicted octanol–water partition coefficient (Wildman–Crippen LogP) is 4.73. The highest BCUT2D eigenvalue weighted by atomic mass is 16.5. The lowest BCUT2D eigenvalue weighted by molar-refractivity contribution is -0.122. The van der Waals surface area contributed by atoms with E-state index in [1.807, 2.05) is 56.3 Å². The summed E-state index contributed by atoms with van der Waals surface area (Å²) in [5.41, 5.74) is 1.79. The highest BCUT2D eigenvalue weighted by Crippen LogP contribution is 2.23. The molecule has 0 fully saturated rings. The minimum absolute atomic E-state index is 0.263. The molecule has 1 atom stereocenters. The van der Waals surface area contributed by atoms with Gasteiger partial charge in [-0.15, -0.1) is 0 Å². The molecular weight excluding hydrogens is 354 g/mol. The molecule has 28 heavy (non-hydrogen) atoms. The summed E-state index contributed by atoms with van der Waals surface area (Å²) in [7, 11) is 1.32. The Bertz CT molecular complexity index is 1010. The van der Waals surface area contributed by atoms with Crippen LogP contribution in [0.3, 0.4) is 0 Å². The van der Waals surface area contributed by atoms with Gasteiger partial charge in [-0.05, 0) is 53.9 Å². The van der Waals surface area contributed by atoms with Gasteiger partial charge in [0.05, 0.1) is 12.7 Å². The average Bonchev–Trinajstić information content (AvgIpc) is 2.72. The first-order valence-electron chi connectivity index (χ1n) is 9.17. The first-order valence-corrected chi connectivity index (χ1v) is 9.17. The normalized spacial score (nSPS) is 11.7. The van der Waals surface area contributed by atoms with Crippen LogP contribution < -0.4 is 10.1 Å². The van der Waals surface area contributed by atoms with Crippen molar-refractivity contribution in [1.29, 1.82) is 0 Å². The maximum absolute atomic E-state index is 12.8. The highest BCUT2D eigenvalue weighted by Gasteiger charge is 2.20.